The van der Waals surface area contributed by atoms with Crippen molar-refractivity contribution in [3.8, 4) is 0 Å². The number of rotatable bonds is 6. The molecule has 27 heavy (non-hydrogen) atoms. The number of aliphatic hydroxyl groups is 1. The van der Waals surface area contributed by atoms with E-state index in [1.165, 1.54) is 0 Å². The van der Waals surface area contributed by atoms with Crippen LogP contribution in [0, 0.1) is 5.92 Å². The first-order valence-corrected chi connectivity index (χ1v) is 9.77. The van der Waals surface area contributed by atoms with Crippen molar-refractivity contribution in [2.45, 2.75) is 38.8 Å². The SMILES string of the molecule is CCC(=O)N(c1ccccc1)C1CCN(CC(O)c2cccnc2)CC1C. The van der Waals surface area contributed by atoms with E-state index in [0.717, 1.165) is 30.8 Å². The number of pyridine rings is 1. The van der Waals surface area contributed by atoms with Gasteiger partial charge in [-0.1, -0.05) is 38.1 Å². The number of para-hydroxylation sites is 1. The third-order valence-corrected chi connectivity index (χ3v) is 5.38. The van der Waals surface area contributed by atoms with Gasteiger partial charge in [-0.3, -0.25) is 14.7 Å². The van der Waals surface area contributed by atoms with Gasteiger partial charge in [0, 0.05) is 55.7 Å². The zero-order valence-corrected chi connectivity index (χ0v) is 16.2. The van der Waals surface area contributed by atoms with Crippen LogP contribution >= 0.6 is 0 Å². The Labute approximate surface area is 161 Å². The Morgan fingerprint density at radius 3 is 2.70 bits per heavy atom. The van der Waals surface area contributed by atoms with E-state index in [0.29, 0.717) is 18.9 Å². The second-order valence-electron chi connectivity index (χ2n) is 7.35. The third kappa shape index (κ3) is 4.73. The molecule has 3 unspecified atom stereocenters. The van der Waals surface area contributed by atoms with Crippen LogP contribution in [0.15, 0.2) is 54.9 Å². The maximum Gasteiger partial charge on any atom is 0.226 e. The highest BCUT2D eigenvalue weighted by molar-refractivity contribution is 5.93. The maximum absolute atomic E-state index is 12.7. The molecule has 5 heteroatoms. The number of aliphatic hydroxyl groups excluding tert-OH is 1. The molecule has 1 amide bonds. The number of hydrogen-bond donors (Lipinski definition) is 1. The summed E-state index contributed by atoms with van der Waals surface area (Å²) in [5.41, 5.74) is 1.82. The number of amides is 1. The lowest BCUT2D eigenvalue weighted by Crippen LogP contribution is -2.52. The van der Waals surface area contributed by atoms with Crippen LogP contribution in [0.25, 0.3) is 0 Å². The Balaban J connectivity index is 1.67. The molecule has 1 saturated heterocycles. The summed E-state index contributed by atoms with van der Waals surface area (Å²) in [7, 11) is 0. The Morgan fingerprint density at radius 1 is 1.30 bits per heavy atom. The number of carbonyl (C=O) groups excluding carboxylic acids is 1. The third-order valence-electron chi connectivity index (χ3n) is 5.38. The number of piperidine rings is 1. The molecule has 0 aliphatic carbocycles. The number of likely N-dealkylation sites (tertiary alicyclic amines) is 1. The van der Waals surface area contributed by atoms with Gasteiger partial charge in [-0.05, 0) is 30.5 Å². The average Bonchev–Trinajstić information content (AvgIpc) is 2.71. The van der Waals surface area contributed by atoms with Crippen molar-refractivity contribution in [1.82, 2.24) is 9.88 Å². The van der Waals surface area contributed by atoms with Gasteiger partial charge >= 0.3 is 0 Å². The Morgan fingerprint density at radius 2 is 2.07 bits per heavy atom. The minimum Gasteiger partial charge on any atom is -0.387 e. The first-order valence-electron chi connectivity index (χ1n) is 9.77. The highest BCUT2D eigenvalue weighted by Gasteiger charge is 2.34. The molecule has 1 aromatic carbocycles. The van der Waals surface area contributed by atoms with Crippen molar-refractivity contribution < 1.29 is 9.90 Å². The lowest BCUT2D eigenvalue weighted by Gasteiger charge is -2.43. The Kier molecular flexibility index (Phi) is 6.58. The Hall–Kier alpha value is -2.24. The van der Waals surface area contributed by atoms with Crippen LogP contribution in [-0.2, 0) is 4.79 Å². The van der Waals surface area contributed by atoms with Crippen LogP contribution in [0.1, 0.15) is 38.4 Å². The quantitative estimate of drug-likeness (QED) is 0.851. The normalized spacial score (nSPS) is 21.6. The maximum atomic E-state index is 12.7. The van der Waals surface area contributed by atoms with Gasteiger partial charge < -0.3 is 10.0 Å². The molecule has 2 heterocycles. The molecule has 1 fully saturated rings. The number of carbonyl (C=O) groups is 1. The van der Waals surface area contributed by atoms with E-state index in [-0.39, 0.29) is 11.9 Å². The van der Waals surface area contributed by atoms with Gasteiger partial charge in [-0.25, -0.2) is 0 Å². The molecule has 0 spiro atoms. The molecule has 3 atom stereocenters. The van der Waals surface area contributed by atoms with E-state index in [9.17, 15) is 9.90 Å². The summed E-state index contributed by atoms with van der Waals surface area (Å²) in [5, 5.41) is 10.5. The summed E-state index contributed by atoms with van der Waals surface area (Å²) in [6.45, 7) is 6.44. The van der Waals surface area contributed by atoms with E-state index in [1.54, 1.807) is 12.4 Å². The van der Waals surface area contributed by atoms with Crippen LogP contribution in [0.5, 0.6) is 0 Å². The van der Waals surface area contributed by atoms with Gasteiger partial charge in [0.1, 0.15) is 0 Å². The van der Waals surface area contributed by atoms with Crippen LogP contribution < -0.4 is 4.90 Å². The lowest BCUT2D eigenvalue weighted by atomic mass is 9.91. The molecular weight excluding hydrogens is 338 g/mol. The molecule has 0 saturated carbocycles. The number of hydrogen-bond acceptors (Lipinski definition) is 4. The molecule has 1 aliphatic rings. The molecule has 1 aromatic heterocycles. The topological polar surface area (TPSA) is 56.7 Å². The van der Waals surface area contributed by atoms with Gasteiger partial charge in [-0.15, -0.1) is 0 Å². The molecule has 0 radical (unpaired) electrons. The standard InChI is InChI=1S/C22H29N3O2/c1-3-22(27)25(19-9-5-4-6-10-19)20-11-13-24(15-17(20)2)16-21(26)18-8-7-12-23-14-18/h4-10,12,14,17,20-21,26H,3,11,13,15-16H2,1-2H3. The first kappa shape index (κ1) is 19.5. The highest BCUT2D eigenvalue weighted by Crippen LogP contribution is 2.29. The van der Waals surface area contributed by atoms with Crippen molar-refractivity contribution in [3.63, 3.8) is 0 Å². The minimum absolute atomic E-state index is 0.168. The fourth-order valence-electron chi connectivity index (χ4n) is 3.97. The smallest absolute Gasteiger partial charge is 0.226 e. The van der Waals surface area contributed by atoms with Crippen LogP contribution in [0.2, 0.25) is 0 Å². The van der Waals surface area contributed by atoms with Crippen molar-refractivity contribution >= 4 is 11.6 Å². The summed E-state index contributed by atoms with van der Waals surface area (Å²) in [6.07, 6.45) is 4.30. The number of anilines is 1. The van der Waals surface area contributed by atoms with E-state index in [1.807, 2.05) is 54.3 Å². The van der Waals surface area contributed by atoms with Gasteiger partial charge in [0.25, 0.3) is 0 Å². The lowest BCUT2D eigenvalue weighted by molar-refractivity contribution is -0.119. The van der Waals surface area contributed by atoms with Crippen LogP contribution in [0.4, 0.5) is 5.69 Å². The van der Waals surface area contributed by atoms with E-state index >= 15 is 0 Å². The zero-order valence-electron chi connectivity index (χ0n) is 16.2. The molecule has 1 N–H and O–H groups in total. The fraction of sp³-hybridized carbons (Fsp3) is 0.455. The molecule has 1 aliphatic heterocycles. The predicted molar refractivity (Wildman–Crippen MR) is 107 cm³/mol. The zero-order chi connectivity index (χ0) is 19.2. The van der Waals surface area contributed by atoms with Gasteiger partial charge in [0.15, 0.2) is 0 Å². The molecule has 3 rings (SSSR count). The van der Waals surface area contributed by atoms with Crippen molar-refractivity contribution in [2.75, 3.05) is 24.5 Å². The summed E-state index contributed by atoms with van der Waals surface area (Å²) in [5.74, 6) is 0.498. The van der Waals surface area contributed by atoms with E-state index in [4.69, 9.17) is 0 Å². The van der Waals surface area contributed by atoms with Gasteiger partial charge in [-0.2, -0.15) is 0 Å². The second kappa shape index (κ2) is 9.11. The summed E-state index contributed by atoms with van der Waals surface area (Å²) >= 11 is 0. The largest absolute Gasteiger partial charge is 0.387 e. The molecule has 5 nitrogen and oxygen atoms in total. The first-order chi connectivity index (χ1) is 13.1. The summed E-state index contributed by atoms with van der Waals surface area (Å²) in [6, 6.07) is 13.9. The van der Waals surface area contributed by atoms with Crippen molar-refractivity contribution in [2.24, 2.45) is 5.92 Å². The monoisotopic (exact) mass is 367 g/mol. The van der Waals surface area contributed by atoms with E-state index in [2.05, 4.69) is 16.8 Å². The Bertz CT molecular complexity index is 723. The number of β-amino-alcohol motifs (C(OH)–C–C–N with tert-alkyl or cyclic N) is 1. The van der Waals surface area contributed by atoms with E-state index < -0.39 is 6.10 Å². The predicted octanol–water partition coefficient (Wildman–Crippen LogP) is 3.27. The summed E-state index contributed by atoms with van der Waals surface area (Å²) < 4.78 is 0. The van der Waals surface area contributed by atoms with Gasteiger partial charge in [0.05, 0.1) is 6.10 Å². The van der Waals surface area contributed by atoms with Crippen LogP contribution in [-0.4, -0.2) is 46.6 Å². The van der Waals surface area contributed by atoms with Gasteiger partial charge in [0.2, 0.25) is 5.91 Å². The summed E-state index contributed by atoms with van der Waals surface area (Å²) in [4.78, 5) is 21.0. The molecule has 2 aromatic rings. The number of aromatic nitrogens is 1. The second-order valence-corrected chi connectivity index (χ2v) is 7.35. The van der Waals surface area contributed by atoms with Crippen molar-refractivity contribution in [3.05, 3.63) is 60.4 Å². The highest BCUT2D eigenvalue weighted by atomic mass is 16.3. The number of benzene rings is 1. The number of nitrogens with zero attached hydrogens (tertiary/aromatic N) is 3. The van der Waals surface area contributed by atoms with Crippen LogP contribution in [0.3, 0.4) is 0 Å². The average molecular weight is 367 g/mol. The molecule has 0 bridgehead atoms. The van der Waals surface area contributed by atoms with Crippen molar-refractivity contribution in [1.29, 1.82) is 0 Å². The minimum atomic E-state index is -0.537. The fourth-order valence-corrected chi connectivity index (χ4v) is 3.97. The molecular formula is C22H29N3O2. The molecule has 144 valence electrons.